The van der Waals surface area contributed by atoms with Gasteiger partial charge in [-0.3, -0.25) is 0 Å². The van der Waals surface area contributed by atoms with Crippen molar-refractivity contribution in [3.8, 4) is 12.3 Å². The fourth-order valence-electron chi connectivity index (χ4n) is 1.97. The third-order valence-corrected chi connectivity index (χ3v) is 6.77. The van der Waals surface area contributed by atoms with Gasteiger partial charge < -0.3 is 0 Å². The Kier molecular flexibility index (Phi) is 4.96. The van der Waals surface area contributed by atoms with E-state index in [0.29, 0.717) is 28.1 Å². The van der Waals surface area contributed by atoms with E-state index in [4.69, 9.17) is 18.0 Å². The average Bonchev–Trinajstić information content (AvgIpc) is 2.38. The van der Waals surface area contributed by atoms with Crippen LogP contribution in [0.15, 0.2) is 12.3 Å². The molecule has 1 unspecified atom stereocenters. The van der Waals surface area contributed by atoms with Gasteiger partial charge in [0, 0.05) is 0 Å². The first-order chi connectivity index (χ1) is 9.80. The fraction of sp³-hybridized carbons (Fsp3) is 0.467. The molecule has 2 rings (SSSR count). The fourth-order valence-corrected chi connectivity index (χ4v) is 5.52. The van der Waals surface area contributed by atoms with Gasteiger partial charge in [0.25, 0.3) is 0 Å². The van der Waals surface area contributed by atoms with Gasteiger partial charge in [-0.15, -0.1) is 0 Å². The summed E-state index contributed by atoms with van der Waals surface area (Å²) in [6.45, 7) is 3.50. The van der Waals surface area contributed by atoms with Crippen LogP contribution in [0, 0.1) is 12.3 Å². The summed E-state index contributed by atoms with van der Waals surface area (Å²) < 4.78 is 14.1. The van der Waals surface area contributed by atoms with Crippen LogP contribution < -0.4 is 9.80 Å². The van der Waals surface area contributed by atoms with E-state index in [-0.39, 0.29) is 5.91 Å². The first-order valence-corrected chi connectivity index (χ1v) is 9.31. The average molecular weight is 371 g/mol. The molecule has 1 amide bonds. The second-order valence-electron chi connectivity index (χ2n) is 5.68. The number of alkyl halides is 1. The second-order valence-corrected chi connectivity index (χ2v) is 9.43. The van der Waals surface area contributed by atoms with E-state index in [1.54, 1.807) is 19.9 Å². The van der Waals surface area contributed by atoms with Gasteiger partial charge >= 0.3 is 136 Å². The van der Waals surface area contributed by atoms with Crippen molar-refractivity contribution in [2.45, 2.75) is 43.1 Å². The number of hydrogen-bond acceptors (Lipinski definition) is 2. The molecule has 1 saturated carbocycles. The van der Waals surface area contributed by atoms with Crippen LogP contribution in [0.1, 0.15) is 37.0 Å². The van der Waals surface area contributed by atoms with Crippen LogP contribution in [-0.4, -0.2) is 38.4 Å². The Morgan fingerprint density at radius 3 is 2.86 bits per heavy atom. The quantitative estimate of drug-likeness (QED) is 0.649. The summed E-state index contributed by atoms with van der Waals surface area (Å²) in [6.07, 6.45) is 7.40. The summed E-state index contributed by atoms with van der Waals surface area (Å²) in [6, 6.07) is 1.61. The second kappa shape index (κ2) is 6.38. The molecule has 1 heterocycles. The molecule has 1 N–H and O–H groups in total. The SMILES string of the molecule is C#CC(C)(C)NC(=O)c1cc(Cl)cnc1[AsH]C1CC(F)C1. The summed E-state index contributed by atoms with van der Waals surface area (Å²) in [5.74, 6) is 2.25. The molecule has 1 fully saturated rings. The zero-order valence-corrected chi connectivity index (χ0v) is 14.8. The number of nitrogens with zero attached hydrogens (tertiary/aromatic N) is 1. The van der Waals surface area contributed by atoms with Gasteiger partial charge in [0.05, 0.1) is 0 Å². The number of aromatic nitrogens is 1. The third-order valence-electron chi connectivity index (χ3n) is 3.31. The van der Waals surface area contributed by atoms with Crippen LogP contribution in [0.2, 0.25) is 9.73 Å². The van der Waals surface area contributed by atoms with Crippen LogP contribution in [0.25, 0.3) is 0 Å². The van der Waals surface area contributed by atoms with Gasteiger partial charge in [0.2, 0.25) is 0 Å². The third kappa shape index (κ3) is 4.22. The van der Waals surface area contributed by atoms with E-state index in [1.807, 2.05) is 0 Å². The number of terminal acetylenes is 1. The molecule has 1 atom stereocenters. The van der Waals surface area contributed by atoms with Gasteiger partial charge in [-0.1, -0.05) is 0 Å². The van der Waals surface area contributed by atoms with Crippen LogP contribution in [0.3, 0.4) is 0 Å². The molecule has 0 aliphatic heterocycles. The van der Waals surface area contributed by atoms with E-state index in [0.717, 1.165) is 4.48 Å². The van der Waals surface area contributed by atoms with E-state index in [2.05, 4.69) is 16.2 Å². The number of halogens is 2. The summed E-state index contributed by atoms with van der Waals surface area (Å²) in [5, 5.41) is 3.19. The van der Waals surface area contributed by atoms with Crippen LogP contribution in [0.5, 0.6) is 0 Å². The molecular weight excluding hydrogens is 354 g/mol. The predicted molar refractivity (Wildman–Crippen MR) is 84.3 cm³/mol. The number of hydrogen-bond donors (Lipinski definition) is 1. The monoisotopic (exact) mass is 370 g/mol. The van der Waals surface area contributed by atoms with Crippen molar-refractivity contribution in [2.75, 3.05) is 0 Å². The Balaban J connectivity index is 2.19. The number of nitrogens with one attached hydrogen (secondary N) is 1. The summed E-state index contributed by atoms with van der Waals surface area (Å²) in [4.78, 5) is 16.7. The van der Waals surface area contributed by atoms with Gasteiger partial charge in [-0.2, -0.15) is 0 Å². The van der Waals surface area contributed by atoms with E-state index in [1.165, 1.54) is 6.20 Å². The molecule has 0 saturated heterocycles. The van der Waals surface area contributed by atoms with Crippen molar-refractivity contribution in [1.29, 1.82) is 0 Å². The van der Waals surface area contributed by atoms with Crippen LogP contribution >= 0.6 is 11.6 Å². The van der Waals surface area contributed by atoms with Crippen LogP contribution in [-0.2, 0) is 0 Å². The normalized spacial score (nSPS) is 21.9. The first-order valence-electron chi connectivity index (χ1n) is 6.67. The molecule has 1 aliphatic rings. The molecule has 1 aromatic heterocycles. The van der Waals surface area contributed by atoms with Gasteiger partial charge in [0.1, 0.15) is 0 Å². The molecule has 0 radical (unpaired) electrons. The Hall–Kier alpha value is -1.04. The zero-order valence-electron chi connectivity index (χ0n) is 11.9. The molecule has 1 aromatic rings. The maximum atomic E-state index is 12.9. The van der Waals surface area contributed by atoms with Gasteiger partial charge in [-0.05, 0) is 0 Å². The summed E-state index contributed by atoms with van der Waals surface area (Å²) >= 11 is 5.28. The molecular formula is C15H17AsClFN2O. The standard InChI is InChI=1S/C15H17AsClFN2O/c1-4-15(2,3)20-14(21)12-7-10(17)8-19-13(12)16-9-5-11(18)6-9/h1,7-9,11,16H,5-6H2,2-3H3,(H,20,21). The summed E-state index contributed by atoms with van der Waals surface area (Å²) in [7, 11) is 0. The topological polar surface area (TPSA) is 42.0 Å². The molecule has 0 spiro atoms. The van der Waals surface area contributed by atoms with E-state index in [9.17, 15) is 9.18 Å². The minimum atomic E-state index is -0.739. The first kappa shape index (κ1) is 16.3. The minimum absolute atomic E-state index is 0.275. The summed E-state index contributed by atoms with van der Waals surface area (Å²) in [5.41, 5.74) is -0.273. The van der Waals surface area contributed by atoms with E-state index >= 15 is 0 Å². The number of amides is 1. The van der Waals surface area contributed by atoms with Gasteiger partial charge in [-0.25, -0.2) is 0 Å². The van der Waals surface area contributed by atoms with Crippen molar-refractivity contribution >= 4 is 37.7 Å². The number of pyridine rings is 1. The maximum absolute atomic E-state index is 12.9. The Bertz CT molecular complexity index is 594. The molecule has 21 heavy (non-hydrogen) atoms. The Morgan fingerprint density at radius 2 is 2.29 bits per heavy atom. The van der Waals surface area contributed by atoms with Crippen LogP contribution in [0.4, 0.5) is 4.39 Å². The van der Waals surface area contributed by atoms with Gasteiger partial charge in [0.15, 0.2) is 0 Å². The molecule has 3 nitrogen and oxygen atoms in total. The van der Waals surface area contributed by atoms with Crippen molar-refractivity contribution in [2.24, 2.45) is 0 Å². The van der Waals surface area contributed by atoms with Crippen molar-refractivity contribution in [1.82, 2.24) is 10.3 Å². The zero-order chi connectivity index (χ0) is 15.6. The Morgan fingerprint density at radius 1 is 1.62 bits per heavy atom. The number of carbonyl (C=O) groups is 1. The molecule has 0 bridgehead atoms. The van der Waals surface area contributed by atoms with Crippen molar-refractivity contribution in [3.05, 3.63) is 22.8 Å². The number of carbonyl (C=O) groups excluding carboxylic acids is 1. The molecule has 0 aromatic carbocycles. The van der Waals surface area contributed by atoms with Crippen molar-refractivity contribution < 1.29 is 9.18 Å². The predicted octanol–water partition coefficient (Wildman–Crippen LogP) is 1.86. The molecule has 6 heteroatoms. The molecule has 1 aliphatic carbocycles. The van der Waals surface area contributed by atoms with E-state index < -0.39 is 27.5 Å². The Labute approximate surface area is 135 Å². The van der Waals surface area contributed by atoms with Crippen molar-refractivity contribution in [3.63, 3.8) is 0 Å². The number of rotatable bonds is 4. The molecule has 112 valence electrons.